The molecule has 0 aliphatic rings. The van der Waals surface area contributed by atoms with Crippen molar-refractivity contribution in [3.63, 3.8) is 0 Å². The number of carbonyl (C=O) groups excluding carboxylic acids is 3. The largest absolute Gasteiger partial charge is 0.454 e. The second-order valence-corrected chi connectivity index (χ2v) is 3.02. The van der Waals surface area contributed by atoms with Crippen LogP contribution in [-0.2, 0) is 28.6 Å². The van der Waals surface area contributed by atoms with Crippen LogP contribution in [-0.4, -0.2) is 30.8 Å². The standard InChI is InChI=1S/C10H14O6/c1-6(2)10(13)16-8(4)15-9(12)5-14-7(3)11/h8H,1,5H2,2-4H3. The third kappa shape index (κ3) is 6.58. The summed E-state index contributed by atoms with van der Waals surface area (Å²) in [6, 6.07) is 0. The van der Waals surface area contributed by atoms with Gasteiger partial charge in [0.2, 0.25) is 6.29 Å². The summed E-state index contributed by atoms with van der Waals surface area (Å²) in [5, 5.41) is 0. The molecule has 0 saturated heterocycles. The summed E-state index contributed by atoms with van der Waals surface area (Å²) in [6.45, 7) is 6.85. The van der Waals surface area contributed by atoms with Gasteiger partial charge in [0.15, 0.2) is 6.61 Å². The van der Waals surface area contributed by atoms with E-state index < -0.39 is 30.8 Å². The molecule has 6 heteroatoms. The van der Waals surface area contributed by atoms with Gasteiger partial charge in [-0.25, -0.2) is 9.59 Å². The van der Waals surface area contributed by atoms with E-state index in [4.69, 9.17) is 0 Å². The van der Waals surface area contributed by atoms with E-state index in [0.29, 0.717) is 0 Å². The molecule has 0 aliphatic carbocycles. The van der Waals surface area contributed by atoms with Crippen molar-refractivity contribution in [1.29, 1.82) is 0 Å². The van der Waals surface area contributed by atoms with Crippen LogP contribution in [0.4, 0.5) is 0 Å². The van der Waals surface area contributed by atoms with E-state index >= 15 is 0 Å². The second-order valence-electron chi connectivity index (χ2n) is 3.02. The zero-order valence-corrected chi connectivity index (χ0v) is 9.44. The van der Waals surface area contributed by atoms with Crippen molar-refractivity contribution in [3.8, 4) is 0 Å². The van der Waals surface area contributed by atoms with Crippen molar-refractivity contribution in [2.45, 2.75) is 27.1 Å². The Morgan fingerprint density at radius 2 is 1.75 bits per heavy atom. The Morgan fingerprint density at radius 1 is 1.19 bits per heavy atom. The van der Waals surface area contributed by atoms with E-state index in [1.165, 1.54) is 13.8 Å². The van der Waals surface area contributed by atoms with Crippen LogP contribution in [0, 0.1) is 0 Å². The van der Waals surface area contributed by atoms with E-state index in [9.17, 15) is 14.4 Å². The van der Waals surface area contributed by atoms with Gasteiger partial charge in [0.1, 0.15) is 0 Å². The minimum atomic E-state index is -1.05. The quantitative estimate of drug-likeness (QED) is 0.390. The van der Waals surface area contributed by atoms with E-state index in [1.807, 2.05) is 0 Å². The molecule has 0 aliphatic heterocycles. The predicted molar refractivity (Wildman–Crippen MR) is 53.1 cm³/mol. The molecule has 0 saturated carbocycles. The molecule has 0 heterocycles. The van der Waals surface area contributed by atoms with Crippen LogP contribution < -0.4 is 0 Å². The lowest BCUT2D eigenvalue weighted by Gasteiger charge is -2.13. The van der Waals surface area contributed by atoms with Crippen LogP contribution >= 0.6 is 0 Å². The molecule has 0 rings (SSSR count). The van der Waals surface area contributed by atoms with E-state index in [1.54, 1.807) is 0 Å². The van der Waals surface area contributed by atoms with Crippen LogP contribution in [0.3, 0.4) is 0 Å². The maximum absolute atomic E-state index is 11.0. The molecule has 16 heavy (non-hydrogen) atoms. The molecular formula is C10H14O6. The highest BCUT2D eigenvalue weighted by atomic mass is 16.7. The summed E-state index contributed by atoms with van der Waals surface area (Å²) >= 11 is 0. The van der Waals surface area contributed by atoms with E-state index in [-0.39, 0.29) is 5.57 Å². The number of hydrogen-bond acceptors (Lipinski definition) is 6. The Labute approximate surface area is 93.2 Å². The van der Waals surface area contributed by atoms with Gasteiger partial charge in [-0.05, 0) is 6.92 Å². The first-order chi connectivity index (χ1) is 7.32. The summed E-state index contributed by atoms with van der Waals surface area (Å²) < 4.78 is 13.7. The predicted octanol–water partition coefficient (Wildman–Crippen LogP) is 0.558. The number of ether oxygens (including phenoxy) is 3. The van der Waals surface area contributed by atoms with Crippen LogP contribution in [0.2, 0.25) is 0 Å². The average Bonchev–Trinajstić information content (AvgIpc) is 2.14. The number of carbonyl (C=O) groups is 3. The summed E-state index contributed by atoms with van der Waals surface area (Å²) in [5.74, 6) is -2.05. The summed E-state index contributed by atoms with van der Waals surface area (Å²) in [7, 11) is 0. The van der Waals surface area contributed by atoms with E-state index in [2.05, 4.69) is 20.8 Å². The van der Waals surface area contributed by atoms with Crippen molar-refractivity contribution < 1.29 is 28.6 Å². The lowest BCUT2D eigenvalue weighted by Crippen LogP contribution is -2.24. The van der Waals surface area contributed by atoms with Crippen molar-refractivity contribution in [3.05, 3.63) is 12.2 Å². The fourth-order valence-corrected chi connectivity index (χ4v) is 0.655. The third-order valence-corrected chi connectivity index (χ3v) is 1.31. The van der Waals surface area contributed by atoms with Gasteiger partial charge in [0.05, 0.1) is 0 Å². The monoisotopic (exact) mass is 230 g/mol. The third-order valence-electron chi connectivity index (χ3n) is 1.31. The van der Waals surface area contributed by atoms with Crippen molar-refractivity contribution >= 4 is 17.9 Å². The second kappa shape index (κ2) is 6.60. The lowest BCUT2D eigenvalue weighted by molar-refractivity contribution is -0.186. The molecule has 1 unspecified atom stereocenters. The Morgan fingerprint density at radius 3 is 2.19 bits per heavy atom. The number of hydrogen-bond donors (Lipinski definition) is 0. The van der Waals surface area contributed by atoms with Gasteiger partial charge in [0.25, 0.3) is 0 Å². The molecular weight excluding hydrogens is 216 g/mol. The number of esters is 3. The van der Waals surface area contributed by atoms with Gasteiger partial charge in [0, 0.05) is 19.4 Å². The van der Waals surface area contributed by atoms with Gasteiger partial charge < -0.3 is 14.2 Å². The normalized spacial score (nSPS) is 11.2. The molecule has 0 N–H and O–H groups in total. The van der Waals surface area contributed by atoms with Crippen molar-refractivity contribution in [2.24, 2.45) is 0 Å². The molecule has 1 atom stereocenters. The highest BCUT2D eigenvalue weighted by molar-refractivity contribution is 5.87. The molecule has 6 nitrogen and oxygen atoms in total. The zero-order chi connectivity index (χ0) is 12.7. The summed E-state index contributed by atoms with van der Waals surface area (Å²) in [4.78, 5) is 32.4. The molecule has 0 radical (unpaired) electrons. The van der Waals surface area contributed by atoms with Gasteiger partial charge in [-0.15, -0.1) is 0 Å². The molecule has 0 aromatic heterocycles. The van der Waals surface area contributed by atoms with Crippen LogP contribution in [0.5, 0.6) is 0 Å². The Hall–Kier alpha value is -1.85. The van der Waals surface area contributed by atoms with Gasteiger partial charge in [-0.1, -0.05) is 6.58 Å². The summed E-state index contributed by atoms with van der Waals surface area (Å²) in [6.07, 6.45) is -1.05. The van der Waals surface area contributed by atoms with E-state index in [0.717, 1.165) is 6.92 Å². The van der Waals surface area contributed by atoms with Crippen molar-refractivity contribution in [2.75, 3.05) is 6.61 Å². The van der Waals surface area contributed by atoms with Crippen molar-refractivity contribution in [1.82, 2.24) is 0 Å². The van der Waals surface area contributed by atoms with Crippen LogP contribution in [0.15, 0.2) is 12.2 Å². The molecule has 90 valence electrons. The van der Waals surface area contributed by atoms with Gasteiger partial charge in [-0.3, -0.25) is 4.79 Å². The fraction of sp³-hybridized carbons (Fsp3) is 0.500. The summed E-state index contributed by atoms with van der Waals surface area (Å²) in [5.41, 5.74) is 0.197. The fourth-order valence-electron chi connectivity index (χ4n) is 0.655. The van der Waals surface area contributed by atoms with Crippen LogP contribution in [0.1, 0.15) is 20.8 Å². The minimum Gasteiger partial charge on any atom is -0.454 e. The molecule has 0 spiro atoms. The lowest BCUT2D eigenvalue weighted by atomic mass is 10.4. The SMILES string of the molecule is C=C(C)C(=O)OC(C)OC(=O)COC(C)=O. The minimum absolute atomic E-state index is 0.197. The van der Waals surface area contributed by atoms with Crippen LogP contribution in [0.25, 0.3) is 0 Å². The first-order valence-electron chi connectivity index (χ1n) is 4.52. The average molecular weight is 230 g/mol. The molecule has 0 aromatic carbocycles. The Kier molecular flexibility index (Phi) is 5.84. The first-order valence-corrected chi connectivity index (χ1v) is 4.52. The van der Waals surface area contributed by atoms with Gasteiger partial charge in [-0.2, -0.15) is 0 Å². The first kappa shape index (κ1) is 14.2. The molecule has 0 amide bonds. The maximum atomic E-state index is 11.0. The highest BCUT2D eigenvalue weighted by Crippen LogP contribution is 2.00. The Balaban J connectivity index is 3.91. The molecule has 0 aromatic rings. The Bertz CT molecular complexity index is 306. The zero-order valence-electron chi connectivity index (χ0n) is 9.44. The smallest absolute Gasteiger partial charge is 0.347 e. The highest BCUT2D eigenvalue weighted by Gasteiger charge is 2.15. The molecule has 0 fully saturated rings. The topological polar surface area (TPSA) is 78.9 Å². The maximum Gasteiger partial charge on any atom is 0.347 e. The molecule has 0 bridgehead atoms. The van der Waals surface area contributed by atoms with Gasteiger partial charge >= 0.3 is 17.9 Å². The number of rotatable bonds is 5.